The summed E-state index contributed by atoms with van der Waals surface area (Å²) in [6.07, 6.45) is 1.74. The van der Waals surface area contributed by atoms with Crippen LogP contribution in [0.1, 0.15) is 11.1 Å². The molecule has 4 heteroatoms. The molecule has 4 nitrogen and oxygen atoms in total. The number of nitrogens with two attached hydrogens (primary N) is 1. The van der Waals surface area contributed by atoms with Crippen molar-refractivity contribution in [2.45, 2.75) is 13.5 Å². The van der Waals surface area contributed by atoms with Gasteiger partial charge in [0.05, 0.1) is 11.3 Å². The molecule has 0 aliphatic heterocycles. The first-order valence-electron chi connectivity index (χ1n) is 4.79. The number of nitrogens with zero attached hydrogens (tertiary/aromatic N) is 1. The van der Waals surface area contributed by atoms with Crippen LogP contribution in [0.2, 0.25) is 0 Å². The van der Waals surface area contributed by atoms with E-state index in [9.17, 15) is 4.79 Å². The molecule has 0 amide bonds. The molecule has 2 aromatic rings. The van der Waals surface area contributed by atoms with Gasteiger partial charge in [0.25, 0.3) is 5.56 Å². The second-order valence-corrected chi connectivity index (χ2v) is 3.46. The molecule has 1 aromatic heterocycles. The maximum atomic E-state index is 11.4. The van der Waals surface area contributed by atoms with Crippen LogP contribution in [0.5, 0.6) is 0 Å². The topological polar surface area (TPSA) is 63.8 Å². The molecule has 0 radical (unpaired) electrons. The van der Waals surface area contributed by atoms with Crippen LogP contribution in [0, 0.1) is 6.92 Å². The molecule has 1 aromatic carbocycles. The lowest BCUT2D eigenvalue weighted by molar-refractivity contribution is 0.857. The minimum atomic E-state index is -0.124. The van der Waals surface area contributed by atoms with Crippen LogP contribution in [0.4, 0.5) is 0 Å². The Labute approximate surface area is 87.3 Å². The number of aromatic amines is 1. The van der Waals surface area contributed by atoms with Crippen molar-refractivity contribution in [3.8, 4) is 5.69 Å². The van der Waals surface area contributed by atoms with Gasteiger partial charge >= 0.3 is 0 Å². The van der Waals surface area contributed by atoms with Crippen molar-refractivity contribution in [2.75, 3.05) is 0 Å². The summed E-state index contributed by atoms with van der Waals surface area (Å²) >= 11 is 0. The van der Waals surface area contributed by atoms with Crippen molar-refractivity contribution in [3.63, 3.8) is 0 Å². The zero-order valence-corrected chi connectivity index (χ0v) is 8.53. The molecule has 0 spiro atoms. The quantitative estimate of drug-likeness (QED) is 0.762. The van der Waals surface area contributed by atoms with Crippen molar-refractivity contribution in [2.24, 2.45) is 5.73 Å². The van der Waals surface area contributed by atoms with E-state index < -0.39 is 0 Å². The van der Waals surface area contributed by atoms with Gasteiger partial charge < -0.3 is 5.73 Å². The lowest BCUT2D eigenvalue weighted by atomic mass is 10.2. The molecule has 0 aliphatic carbocycles. The average Bonchev–Trinajstić information content (AvgIpc) is 2.60. The largest absolute Gasteiger partial charge is 0.326 e. The van der Waals surface area contributed by atoms with E-state index in [1.807, 2.05) is 31.2 Å². The van der Waals surface area contributed by atoms with Gasteiger partial charge in [-0.25, -0.2) is 0 Å². The Bertz CT molecular complexity index is 525. The number of nitrogens with one attached hydrogen (secondary N) is 1. The highest BCUT2D eigenvalue weighted by Crippen LogP contribution is 2.11. The lowest BCUT2D eigenvalue weighted by Gasteiger charge is -2.05. The van der Waals surface area contributed by atoms with Crippen molar-refractivity contribution < 1.29 is 0 Å². The second kappa shape index (κ2) is 3.74. The lowest BCUT2D eigenvalue weighted by Crippen LogP contribution is -2.10. The highest BCUT2D eigenvalue weighted by molar-refractivity contribution is 5.39. The fourth-order valence-electron chi connectivity index (χ4n) is 1.54. The van der Waals surface area contributed by atoms with E-state index in [1.54, 1.807) is 10.9 Å². The molecule has 0 saturated heterocycles. The third-order valence-electron chi connectivity index (χ3n) is 2.39. The summed E-state index contributed by atoms with van der Waals surface area (Å²) < 4.78 is 1.71. The van der Waals surface area contributed by atoms with Gasteiger partial charge in [0, 0.05) is 12.7 Å². The molecular formula is C11H13N3O. The molecule has 0 saturated carbocycles. The minimum Gasteiger partial charge on any atom is -0.326 e. The van der Waals surface area contributed by atoms with E-state index in [-0.39, 0.29) is 12.1 Å². The van der Waals surface area contributed by atoms with Crippen molar-refractivity contribution >= 4 is 0 Å². The van der Waals surface area contributed by atoms with Gasteiger partial charge in [-0.3, -0.25) is 14.6 Å². The van der Waals surface area contributed by atoms with Crippen LogP contribution in [0.25, 0.3) is 5.69 Å². The maximum Gasteiger partial charge on any atom is 0.268 e. The Hall–Kier alpha value is -1.81. The van der Waals surface area contributed by atoms with E-state index in [1.165, 1.54) is 0 Å². The minimum absolute atomic E-state index is 0.124. The molecule has 0 atom stereocenters. The predicted octanol–water partition coefficient (Wildman–Crippen LogP) is 0.933. The molecular weight excluding hydrogens is 190 g/mol. The Balaban J connectivity index is 2.55. The summed E-state index contributed by atoms with van der Waals surface area (Å²) in [4.78, 5) is 11.4. The third-order valence-corrected chi connectivity index (χ3v) is 2.39. The fraction of sp³-hybridized carbons (Fsp3) is 0.182. The number of aryl methyl sites for hydroxylation is 1. The highest BCUT2D eigenvalue weighted by atomic mass is 16.1. The number of hydrogen-bond donors (Lipinski definition) is 2. The smallest absolute Gasteiger partial charge is 0.268 e. The van der Waals surface area contributed by atoms with Crippen molar-refractivity contribution in [1.82, 2.24) is 9.78 Å². The highest BCUT2D eigenvalue weighted by Gasteiger charge is 2.04. The Morgan fingerprint density at radius 2 is 2.13 bits per heavy atom. The molecule has 0 aliphatic rings. The number of H-pyrrole nitrogens is 1. The van der Waals surface area contributed by atoms with Crippen molar-refractivity contribution in [3.05, 3.63) is 51.9 Å². The van der Waals surface area contributed by atoms with Gasteiger partial charge in [-0.2, -0.15) is 0 Å². The maximum absolute atomic E-state index is 11.4. The van der Waals surface area contributed by atoms with Crippen LogP contribution in [-0.2, 0) is 6.54 Å². The van der Waals surface area contributed by atoms with Crippen LogP contribution in [-0.4, -0.2) is 9.78 Å². The van der Waals surface area contributed by atoms with E-state index in [0.29, 0.717) is 5.56 Å². The Morgan fingerprint density at radius 3 is 2.73 bits per heavy atom. The molecule has 3 N–H and O–H groups in total. The van der Waals surface area contributed by atoms with Crippen LogP contribution in [0.3, 0.4) is 0 Å². The second-order valence-electron chi connectivity index (χ2n) is 3.46. The number of hydrogen-bond acceptors (Lipinski definition) is 2. The van der Waals surface area contributed by atoms with Gasteiger partial charge in [-0.05, 0) is 18.6 Å². The molecule has 0 bridgehead atoms. The standard InChI is InChI=1S/C11H13N3O/c1-8-4-2-3-5-10(8)14-7-9(6-12)11(15)13-14/h2-5,7H,6,12H2,1H3,(H,13,15). The van der Waals surface area contributed by atoms with E-state index >= 15 is 0 Å². The first kappa shape index (κ1) is 9.73. The van der Waals surface area contributed by atoms with Crippen LogP contribution in [0.15, 0.2) is 35.3 Å². The average molecular weight is 203 g/mol. The SMILES string of the molecule is Cc1ccccc1-n1cc(CN)c(=O)[nH]1. The Morgan fingerprint density at radius 1 is 1.40 bits per heavy atom. The molecule has 2 rings (SSSR count). The Kier molecular flexibility index (Phi) is 2.43. The van der Waals surface area contributed by atoms with Gasteiger partial charge in [0.15, 0.2) is 0 Å². The van der Waals surface area contributed by atoms with Gasteiger partial charge in [0.1, 0.15) is 0 Å². The van der Waals surface area contributed by atoms with Crippen molar-refractivity contribution in [1.29, 1.82) is 0 Å². The summed E-state index contributed by atoms with van der Waals surface area (Å²) in [7, 11) is 0. The van der Waals surface area contributed by atoms with Gasteiger partial charge in [-0.1, -0.05) is 18.2 Å². The zero-order valence-electron chi connectivity index (χ0n) is 8.53. The third kappa shape index (κ3) is 1.71. The normalized spacial score (nSPS) is 10.5. The van der Waals surface area contributed by atoms with E-state index in [4.69, 9.17) is 5.73 Å². The summed E-state index contributed by atoms with van der Waals surface area (Å²) in [5.41, 5.74) is 7.99. The number of benzene rings is 1. The van der Waals surface area contributed by atoms with Gasteiger partial charge in [-0.15, -0.1) is 0 Å². The molecule has 0 unspecified atom stereocenters. The van der Waals surface area contributed by atoms with Crippen LogP contribution >= 0.6 is 0 Å². The predicted molar refractivity (Wildman–Crippen MR) is 59.0 cm³/mol. The summed E-state index contributed by atoms with van der Waals surface area (Å²) in [6.45, 7) is 2.25. The monoisotopic (exact) mass is 203 g/mol. The number of aromatic nitrogens is 2. The van der Waals surface area contributed by atoms with Gasteiger partial charge in [0.2, 0.25) is 0 Å². The molecule has 1 heterocycles. The summed E-state index contributed by atoms with van der Waals surface area (Å²) in [6, 6.07) is 7.84. The summed E-state index contributed by atoms with van der Waals surface area (Å²) in [5.74, 6) is 0. The molecule has 78 valence electrons. The molecule has 0 fully saturated rings. The number of para-hydroxylation sites is 1. The van der Waals surface area contributed by atoms with E-state index in [0.717, 1.165) is 11.3 Å². The van der Waals surface area contributed by atoms with Crippen LogP contribution < -0.4 is 11.3 Å². The first-order chi connectivity index (χ1) is 7.22. The first-order valence-corrected chi connectivity index (χ1v) is 4.79. The van der Waals surface area contributed by atoms with E-state index in [2.05, 4.69) is 5.10 Å². The summed E-state index contributed by atoms with van der Waals surface area (Å²) in [5, 5.41) is 2.73. The number of rotatable bonds is 2. The fourth-order valence-corrected chi connectivity index (χ4v) is 1.54. The molecule has 15 heavy (non-hydrogen) atoms. The zero-order chi connectivity index (χ0) is 10.8.